The van der Waals surface area contributed by atoms with Crippen molar-refractivity contribution in [1.29, 1.82) is 0 Å². The molecule has 0 aromatic carbocycles. The molecule has 0 saturated carbocycles. The highest BCUT2D eigenvalue weighted by Gasteiger charge is 2.16. The summed E-state index contributed by atoms with van der Waals surface area (Å²) in [5.41, 5.74) is 8.34. The van der Waals surface area contributed by atoms with Gasteiger partial charge in [-0.05, 0) is 19.8 Å². The van der Waals surface area contributed by atoms with Gasteiger partial charge >= 0.3 is 0 Å². The van der Waals surface area contributed by atoms with Crippen LogP contribution in [0.4, 0.5) is 11.8 Å². The van der Waals surface area contributed by atoms with Gasteiger partial charge in [0.05, 0.1) is 13.2 Å². The van der Waals surface area contributed by atoms with Crippen LogP contribution in [0.3, 0.4) is 0 Å². The maximum absolute atomic E-state index is 6.18. The highest BCUT2D eigenvalue weighted by atomic mass is 16.5. The first-order chi connectivity index (χ1) is 10.7. The van der Waals surface area contributed by atoms with Gasteiger partial charge in [0.2, 0.25) is 5.95 Å². The van der Waals surface area contributed by atoms with Crippen molar-refractivity contribution in [3.63, 3.8) is 0 Å². The van der Waals surface area contributed by atoms with E-state index in [1.807, 2.05) is 0 Å². The lowest BCUT2D eigenvalue weighted by atomic mass is 10.0. The zero-order chi connectivity index (χ0) is 15.8. The van der Waals surface area contributed by atoms with Crippen LogP contribution in [0.2, 0.25) is 0 Å². The molecule has 2 rings (SSSR count). The average Bonchev–Trinajstić information content (AvgIpc) is 2.53. The van der Waals surface area contributed by atoms with Crippen molar-refractivity contribution < 1.29 is 4.74 Å². The van der Waals surface area contributed by atoms with E-state index in [0.717, 1.165) is 49.9 Å². The van der Waals surface area contributed by atoms with Crippen LogP contribution < -0.4 is 10.6 Å². The summed E-state index contributed by atoms with van der Waals surface area (Å²) in [5, 5.41) is 0. The van der Waals surface area contributed by atoms with Gasteiger partial charge in [-0.3, -0.25) is 0 Å². The van der Waals surface area contributed by atoms with Gasteiger partial charge in [-0.1, -0.05) is 39.0 Å². The Balaban J connectivity index is 1.89. The molecule has 22 heavy (non-hydrogen) atoms. The normalized spacial score (nSPS) is 15.3. The Morgan fingerprint density at radius 2 is 1.73 bits per heavy atom. The summed E-state index contributed by atoms with van der Waals surface area (Å²) < 4.78 is 5.37. The fourth-order valence-electron chi connectivity index (χ4n) is 2.90. The van der Waals surface area contributed by atoms with Gasteiger partial charge in [0.1, 0.15) is 5.82 Å². The van der Waals surface area contributed by atoms with Crippen LogP contribution in [0.25, 0.3) is 0 Å². The number of anilines is 2. The minimum atomic E-state index is 0.655. The van der Waals surface area contributed by atoms with Gasteiger partial charge in [-0.2, -0.15) is 4.98 Å². The van der Waals surface area contributed by atoms with Crippen LogP contribution in [0.15, 0.2) is 0 Å². The van der Waals surface area contributed by atoms with E-state index in [4.69, 9.17) is 10.5 Å². The third-order valence-electron chi connectivity index (χ3n) is 4.31. The van der Waals surface area contributed by atoms with E-state index in [1.54, 1.807) is 0 Å². The second-order valence-corrected chi connectivity index (χ2v) is 6.09. The number of nitrogens with zero attached hydrogens (tertiary/aromatic N) is 3. The summed E-state index contributed by atoms with van der Waals surface area (Å²) >= 11 is 0. The minimum absolute atomic E-state index is 0.655. The summed E-state index contributed by atoms with van der Waals surface area (Å²) in [6, 6.07) is 0. The predicted octanol–water partition coefficient (Wildman–Crippen LogP) is 3.11. The molecule has 124 valence electrons. The summed E-state index contributed by atoms with van der Waals surface area (Å²) in [7, 11) is 0. The molecule has 5 nitrogen and oxygen atoms in total. The molecule has 1 saturated heterocycles. The smallest absolute Gasteiger partial charge is 0.227 e. The predicted molar refractivity (Wildman–Crippen MR) is 91.3 cm³/mol. The van der Waals surface area contributed by atoms with Gasteiger partial charge in [-0.25, -0.2) is 4.98 Å². The SMILES string of the molecule is CCCCCCCCc1c(C)nc(N2CCOCC2)nc1N. The quantitative estimate of drug-likeness (QED) is 0.748. The third-order valence-corrected chi connectivity index (χ3v) is 4.31. The Hall–Kier alpha value is -1.36. The first kappa shape index (κ1) is 17.0. The molecule has 0 spiro atoms. The molecule has 0 amide bonds. The molecule has 1 aromatic rings. The summed E-state index contributed by atoms with van der Waals surface area (Å²) in [6.07, 6.45) is 8.74. The van der Waals surface area contributed by atoms with E-state index in [-0.39, 0.29) is 0 Å². The van der Waals surface area contributed by atoms with Gasteiger partial charge in [0.15, 0.2) is 0 Å². The number of hydrogen-bond acceptors (Lipinski definition) is 5. The molecule has 1 aliphatic rings. The monoisotopic (exact) mass is 306 g/mol. The molecule has 0 unspecified atom stereocenters. The highest BCUT2D eigenvalue weighted by Crippen LogP contribution is 2.21. The second kappa shape index (κ2) is 8.93. The van der Waals surface area contributed by atoms with Gasteiger partial charge in [-0.15, -0.1) is 0 Å². The number of aromatic nitrogens is 2. The largest absolute Gasteiger partial charge is 0.383 e. The Labute approximate surface area is 134 Å². The summed E-state index contributed by atoms with van der Waals surface area (Å²) in [6.45, 7) is 7.46. The first-order valence-corrected chi connectivity index (χ1v) is 8.68. The molecule has 2 heterocycles. The molecule has 0 radical (unpaired) electrons. The maximum Gasteiger partial charge on any atom is 0.227 e. The van der Waals surface area contributed by atoms with Gasteiger partial charge in [0.25, 0.3) is 0 Å². The molecule has 1 aromatic heterocycles. The van der Waals surface area contributed by atoms with E-state index in [2.05, 4.69) is 28.7 Å². The Bertz CT molecular complexity index is 435. The summed E-state index contributed by atoms with van der Waals surface area (Å²) in [5.74, 6) is 1.41. The van der Waals surface area contributed by atoms with E-state index in [0.29, 0.717) is 5.82 Å². The van der Waals surface area contributed by atoms with Crippen molar-refractivity contribution in [2.24, 2.45) is 0 Å². The molecule has 1 aliphatic heterocycles. The number of nitrogen functional groups attached to an aromatic ring is 1. The Morgan fingerprint density at radius 1 is 1.05 bits per heavy atom. The van der Waals surface area contributed by atoms with Crippen molar-refractivity contribution in [1.82, 2.24) is 9.97 Å². The number of rotatable bonds is 8. The molecular weight excluding hydrogens is 276 g/mol. The maximum atomic E-state index is 6.18. The lowest BCUT2D eigenvalue weighted by Gasteiger charge is -2.27. The van der Waals surface area contributed by atoms with Gasteiger partial charge < -0.3 is 15.4 Å². The Morgan fingerprint density at radius 3 is 2.41 bits per heavy atom. The number of hydrogen-bond donors (Lipinski definition) is 1. The number of morpholine rings is 1. The standard InChI is InChI=1S/C17H30N4O/c1-3-4-5-6-7-8-9-15-14(2)19-17(20-16(15)18)21-10-12-22-13-11-21/h3-13H2,1-2H3,(H2,18,19,20). The summed E-state index contributed by atoms with van der Waals surface area (Å²) in [4.78, 5) is 11.3. The first-order valence-electron chi connectivity index (χ1n) is 8.68. The van der Waals surface area contributed by atoms with Crippen LogP contribution in [0, 0.1) is 6.92 Å². The van der Waals surface area contributed by atoms with Crippen LogP contribution in [-0.2, 0) is 11.2 Å². The number of nitrogens with two attached hydrogens (primary N) is 1. The molecule has 2 N–H and O–H groups in total. The fourth-order valence-corrected chi connectivity index (χ4v) is 2.90. The zero-order valence-electron chi connectivity index (χ0n) is 14.1. The van der Waals surface area contributed by atoms with Crippen molar-refractivity contribution >= 4 is 11.8 Å². The van der Waals surface area contributed by atoms with E-state index in [1.165, 1.54) is 38.5 Å². The van der Waals surface area contributed by atoms with Crippen LogP contribution >= 0.6 is 0 Å². The van der Waals surface area contributed by atoms with Crippen molar-refractivity contribution in [3.8, 4) is 0 Å². The molecule has 1 fully saturated rings. The van der Waals surface area contributed by atoms with Crippen LogP contribution in [0.5, 0.6) is 0 Å². The number of unbranched alkanes of at least 4 members (excludes halogenated alkanes) is 5. The van der Waals surface area contributed by atoms with Crippen molar-refractivity contribution in [3.05, 3.63) is 11.3 Å². The Kier molecular flexibility index (Phi) is 6.90. The van der Waals surface area contributed by atoms with Crippen LogP contribution in [0.1, 0.15) is 56.7 Å². The highest BCUT2D eigenvalue weighted by molar-refractivity contribution is 5.48. The molecule has 0 atom stereocenters. The molecule has 0 bridgehead atoms. The molecule has 0 aliphatic carbocycles. The zero-order valence-corrected chi connectivity index (χ0v) is 14.1. The minimum Gasteiger partial charge on any atom is -0.383 e. The topological polar surface area (TPSA) is 64.3 Å². The molecular formula is C17H30N4O. The van der Waals surface area contributed by atoms with Gasteiger partial charge in [0, 0.05) is 24.3 Å². The van der Waals surface area contributed by atoms with Crippen LogP contribution in [-0.4, -0.2) is 36.3 Å². The average molecular weight is 306 g/mol. The van der Waals surface area contributed by atoms with E-state index in [9.17, 15) is 0 Å². The third kappa shape index (κ3) is 4.83. The lowest BCUT2D eigenvalue weighted by Crippen LogP contribution is -2.37. The number of ether oxygens (including phenoxy) is 1. The molecule has 5 heteroatoms. The van der Waals surface area contributed by atoms with E-state index >= 15 is 0 Å². The van der Waals surface area contributed by atoms with Crippen molar-refractivity contribution in [2.75, 3.05) is 36.9 Å². The fraction of sp³-hybridized carbons (Fsp3) is 0.765. The number of aryl methyl sites for hydroxylation is 1. The lowest BCUT2D eigenvalue weighted by molar-refractivity contribution is 0.122. The van der Waals surface area contributed by atoms with E-state index < -0.39 is 0 Å². The van der Waals surface area contributed by atoms with Crippen molar-refractivity contribution in [2.45, 2.75) is 58.8 Å². The second-order valence-electron chi connectivity index (χ2n) is 6.09.